The molecule has 0 saturated carbocycles. The van der Waals surface area contributed by atoms with Crippen molar-refractivity contribution in [3.63, 3.8) is 0 Å². The normalized spacial score (nSPS) is 26.3. The Morgan fingerprint density at radius 2 is 2.17 bits per heavy atom. The molecule has 2 atom stereocenters. The predicted molar refractivity (Wildman–Crippen MR) is 70.7 cm³/mol. The summed E-state index contributed by atoms with van der Waals surface area (Å²) in [4.78, 5) is 12.2. The maximum atomic E-state index is 12.2. The lowest BCUT2D eigenvalue weighted by molar-refractivity contribution is -0.128. The number of carbonyl (C=O) groups is 1. The molecule has 3 rings (SSSR count). The third kappa shape index (κ3) is 2.22. The molecule has 2 heteroatoms. The van der Waals surface area contributed by atoms with E-state index in [1.165, 1.54) is 30.4 Å². The zero-order valence-electron chi connectivity index (χ0n) is 10.9. The number of benzene rings is 1. The molecular formula is C16H20O2. The van der Waals surface area contributed by atoms with Crippen LogP contribution in [0.15, 0.2) is 18.2 Å². The van der Waals surface area contributed by atoms with Gasteiger partial charge in [0.1, 0.15) is 6.10 Å². The van der Waals surface area contributed by atoms with Gasteiger partial charge in [0.2, 0.25) is 0 Å². The third-order valence-corrected chi connectivity index (χ3v) is 4.25. The highest BCUT2D eigenvalue weighted by Gasteiger charge is 2.30. The van der Waals surface area contributed by atoms with Crippen molar-refractivity contribution >= 4 is 5.78 Å². The van der Waals surface area contributed by atoms with Gasteiger partial charge in [0.05, 0.1) is 0 Å². The first-order chi connectivity index (χ1) is 8.74. The standard InChI is InChI=1S/C16H20O2/c1-11-7-8-18-16(11)15(17)10-12-5-6-13-3-2-4-14(13)9-12/h5-6,9,11,16H,2-4,7-8,10H2,1H3. The topological polar surface area (TPSA) is 26.3 Å². The molecule has 1 aromatic rings. The molecule has 2 aliphatic rings. The average molecular weight is 244 g/mol. The average Bonchev–Trinajstić information content (AvgIpc) is 2.96. The molecule has 96 valence electrons. The van der Waals surface area contributed by atoms with Crippen LogP contribution in [0.5, 0.6) is 0 Å². The van der Waals surface area contributed by atoms with E-state index >= 15 is 0 Å². The van der Waals surface area contributed by atoms with Crippen LogP contribution in [-0.2, 0) is 28.8 Å². The van der Waals surface area contributed by atoms with E-state index in [2.05, 4.69) is 25.1 Å². The fourth-order valence-corrected chi connectivity index (χ4v) is 3.14. The first kappa shape index (κ1) is 11.9. The Labute approximate surface area is 108 Å². The minimum absolute atomic E-state index is 0.168. The number of fused-ring (bicyclic) bond motifs is 1. The van der Waals surface area contributed by atoms with Crippen molar-refractivity contribution in [2.24, 2.45) is 5.92 Å². The Morgan fingerprint density at radius 3 is 2.94 bits per heavy atom. The van der Waals surface area contributed by atoms with Gasteiger partial charge >= 0.3 is 0 Å². The SMILES string of the molecule is CC1CCOC1C(=O)Cc1ccc2c(c1)CCC2. The third-order valence-electron chi connectivity index (χ3n) is 4.25. The summed E-state index contributed by atoms with van der Waals surface area (Å²) in [6.45, 7) is 2.85. The Balaban J connectivity index is 1.71. The molecule has 2 unspecified atom stereocenters. The summed E-state index contributed by atoms with van der Waals surface area (Å²) in [5.74, 6) is 0.630. The number of hydrogen-bond donors (Lipinski definition) is 0. The summed E-state index contributed by atoms with van der Waals surface area (Å²) in [6, 6.07) is 6.53. The van der Waals surface area contributed by atoms with Gasteiger partial charge in [0.15, 0.2) is 5.78 Å². The molecule has 0 spiro atoms. The minimum Gasteiger partial charge on any atom is -0.370 e. The second-order valence-corrected chi connectivity index (χ2v) is 5.66. The molecule has 1 aliphatic carbocycles. The smallest absolute Gasteiger partial charge is 0.166 e. The van der Waals surface area contributed by atoms with E-state index in [9.17, 15) is 4.79 Å². The number of hydrogen-bond acceptors (Lipinski definition) is 2. The molecule has 1 saturated heterocycles. The van der Waals surface area contributed by atoms with Crippen molar-refractivity contribution in [3.05, 3.63) is 34.9 Å². The van der Waals surface area contributed by atoms with Gasteiger partial charge < -0.3 is 4.74 Å². The number of Topliss-reactive ketones (excluding diaryl/α,β-unsaturated/α-hetero) is 1. The number of rotatable bonds is 3. The summed E-state index contributed by atoms with van der Waals surface area (Å²) in [5, 5.41) is 0. The van der Waals surface area contributed by atoms with Crippen LogP contribution in [0, 0.1) is 5.92 Å². The molecule has 0 radical (unpaired) electrons. The molecule has 18 heavy (non-hydrogen) atoms. The van der Waals surface area contributed by atoms with Crippen LogP contribution in [-0.4, -0.2) is 18.5 Å². The Morgan fingerprint density at radius 1 is 1.33 bits per heavy atom. The first-order valence-electron chi connectivity index (χ1n) is 6.99. The molecule has 0 N–H and O–H groups in total. The van der Waals surface area contributed by atoms with Crippen molar-refractivity contribution in [2.75, 3.05) is 6.61 Å². The van der Waals surface area contributed by atoms with Gasteiger partial charge in [0, 0.05) is 13.0 Å². The molecule has 1 heterocycles. The zero-order valence-corrected chi connectivity index (χ0v) is 10.9. The van der Waals surface area contributed by atoms with Crippen molar-refractivity contribution in [1.82, 2.24) is 0 Å². The molecule has 1 aliphatic heterocycles. The summed E-state index contributed by atoms with van der Waals surface area (Å²) < 4.78 is 5.54. The lowest BCUT2D eigenvalue weighted by Gasteiger charge is -2.13. The second kappa shape index (κ2) is 4.85. The van der Waals surface area contributed by atoms with E-state index in [0.29, 0.717) is 12.3 Å². The Hall–Kier alpha value is -1.15. The van der Waals surface area contributed by atoms with Crippen LogP contribution in [0.3, 0.4) is 0 Å². The summed E-state index contributed by atoms with van der Waals surface area (Å²) >= 11 is 0. The second-order valence-electron chi connectivity index (χ2n) is 5.66. The lowest BCUT2D eigenvalue weighted by Crippen LogP contribution is -2.26. The maximum Gasteiger partial charge on any atom is 0.166 e. The summed E-state index contributed by atoms with van der Waals surface area (Å²) in [7, 11) is 0. The molecule has 0 bridgehead atoms. The van der Waals surface area contributed by atoms with E-state index in [-0.39, 0.29) is 11.9 Å². The predicted octanol–water partition coefficient (Wildman–Crippen LogP) is 2.71. The minimum atomic E-state index is -0.168. The van der Waals surface area contributed by atoms with Crippen LogP contribution in [0.1, 0.15) is 36.5 Å². The van der Waals surface area contributed by atoms with E-state index in [0.717, 1.165) is 18.6 Å². The molecule has 1 fully saturated rings. The van der Waals surface area contributed by atoms with E-state index < -0.39 is 0 Å². The van der Waals surface area contributed by atoms with Crippen LogP contribution in [0.25, 0.3) is 0 Å². The van der Waals surface area contributed by atoms with Gasteiger partial charge in [-0.2, -0.15) is 0 Å². The van der Waals surface area contributed by atoms with Gasteiger partial charge in [-0.05, 0) is 48.3 Å². The highest BCUT2D eigenvalue weighted by molar-refractivity contribution is 5.85. The van der Waals surface area contributed by atoms with E-state index in [1.54, 1.807) is 0 Å². The van der Waals surface area contributed by atoms with Crippen molar-refractivity contribution in [3.8, 4) is 0 Å². The fourth-order valence-electron chi connectivity index (χ4n) is 3.14. The zero-order chi connectivity index (χ0) is 12.5. The van der Waals surface area contributed by atoms with E-state index in [1.807, 2.05) is 0 Å². The highest BCUT2D eigenvalue weighted by Crippen LogP contribution is 2.25. The first-order valence-corrected chi connectivity index (χ1v) is 6.99. The number of aryl methyl sites for hydroxylation is 2. The Kier molecular flexibility index (Phi) is 3.21. The van der Waals surface area contributed by atoms with Crippen LogP contribution < -0.4 is 0 Å². The Bertz CT molecular complexity index is 464. The maximum absolute atomic E-state index is 12.2. The summed E-state index contributed by atoms with van der Waals surface area (Å²) in [6.07, 6.45) is 5.01. The van der Waals surface area contributed by atoms with Crippen molar-refractivity contribution in [2.45, 2.75) is 45.1 Å². The van der Waals surface area contributed by atoms with Crippen LogP contribution in [0.4, 0.5) is 0 Å². The molecule has 0 amide bonds. The molecule has 0 aromatic heterocycles. The molecular weight excluding hydrogens is 224 g/mol. The number of ether oxygens (including phenoxy) is 1. The largest absolute Gasteiger partial charge is 0.370 e. The van der Waals surface area contributed by atoms with Gasteiger partial charge in [-0.25, -0.2) is 0 Å². The highest BCUT2D eigenvalue weighted by atomic mass is 16.5. The number of carbonyl (C=O) groups excluding carboxylic acids is 1. The molecule has 2 nitrogen and oxygen atoms in total. The lowest BCUT2D eigenvalue weighted by atomic mass is 9.95. The van der Waals surface area contributed by atoms with Gasteiger partial charge in [0.25, 0.3) is 0 Å². The summed E-state index contributed by atoms with van der Waals surface area (Å²) in [5.41, 5.74) is 4.07. The monoisotopic (exact) mass is 244 g/mol. The van der Waals surface area contributed by atoms with Gasteiger partial charge in [-0.1, -0.05) is 25.1 Å². The quantitative estimate of drug-likeness (QED) is 0.817. The van der Waals surface area contributed by atoms with Crippen LogP contribution in [0.2, 0.25) is 0 Å². The fraction of sp³-hybridized carbons (Fsp3) is 0.562. The van der Waals surface area contributed by atoms with Crippen molar-refractivity contribution in [1.29, 1.82) is 0 Å². The van der Waals surface area contributed by atoms with E-state index in [4.69, 9.17) is 4.74 Å². The molecule has 1 aromatic carbocycles. The van der Waals surface area contributed by atoms with Crippen molar-refractivity contribution < 1.29 is 9.53 Å². The van der Waals surface area contributed by atoms with Gasteiger partial charge in [-0.15, -0.1) is 0 Å². The van der Waals surface area contributed by atoms with Gasteiger partial charge in [-0.3, -0.25) is 4.79 Å². The van der Waals surface area contributed by atoms with Crippen LogP contribution >= 0.6 is 0 Å². The number of ketones is 1.